The van der Waals surface area contributed by atoms with Crippen LogP contribution in [0.3, 0.4) is 0 Å². The van der Waals surface area contributed by atoms with E-state index < -0.39 is 0 Å². The summed E-state index contributed by atoms with van der Waals surface area (Å²) in [5.74, 6) is 0.816. The summed E-state index contributed by atoms with van der Waals surface area (Å²) < 4.78 is 10.4. The molecule has 0 aliphatic heterocycles. The first-order valence-electron chi connectivity index (χ1n) is 6.62. The van der Waals surface area contributed by atoms with E-state index >= 15 is 0 Å². The molecule has 0 rings (SSSR count). The molecule has 3 nitrogen and oxygen atoms in total. The van der Waals surface area contributed by atoms with Gasteiger partial charge >= 0.3 is 0 Å². The summed E-state index contributed by atoms with van der Waals surface area (Å²) in [7, 11) is 1.71. The highest BCUT2D eigenvalue weighted by Gasteiger charge is 2.06. The molecule has 0 aliphatic carbocycles. The van der Waals surface area contributed by atoms with Gasteiger partial charge in [0.2, 0.25) is 0 Å². The first-order chi connectivity index (χ1) is 7.85. The van der Waals surface area contributed by atoms with Gasteiger partial charge < -0.3 is 14.8 Å². The van der Waals surface area contributed by atoms with E-state index in [0.717, 1.165) is 32.2 Å². The minimum absolute atomic E-state index is 0.704. The summed E-state index contributed by atoms with van der Waals surface area (Å²) in [5.41, 5.74) is 0. The number of rotatable bonds is 12. The quantitative estimate of drug-likeness (QED) is 0.523. The maximum absolute atomic E-state index is 5.46. The number of ether oxygens (including phenoxy) is 2. The van der Waals surface area contributed by atoms with Gasteiger partial charge in [-0.1, -0.05) is 20.3 Å². The maximum Gasteiger partial charge on any atom is 0.0700 e. The zero-order valence-electron chi connectivity index (χ0n) is 11.3. The molecular formula is C13H29NO2. The highest BCUT2D eigenvalue weighted by atomic mass is 16.5. The second-order valence-electron chi connectivity index (χ2n) is 4.21. The normalized spacial score (nSPS) is 12.9. The predicted octanol–water partition coefficient (Wildman–Crippen LogP) is 2.46. The molecule has 0 aromatic carbocycles. The Morgan fingerprint density at radius 1 is 1.06 bits per heavy atom. The molecule has 0 saturated carbocycles. The molecule has 0 radical (unpaired) electrons. The van der Waals surface area contributed by atoms with E-state index in [1.165, 1.54) is 25.7 Å². The Balaban J connectivity index is 3.36. The van der Waals surface area contributed by atoms with Crippen LogP contribution in [0.1, 0.15) is 39.5 Å². The van der Waals surface area contributed by atoms with Gasteiger partial charge in [0.05, 0.1) is 13.2 Å². The van der Waals surface area contributed by atoms with Crippen molar-refractivity contribution in [2.45, 2.75) is 39.5 Å². The number of methoxy groups -OCH3 is 1. The second-order valence-corrected chi connectivity index (χ2v) is 4.21. The maximum atomic E-state index is 5.46. The molecule has 0 amide bonds. The van der Waals surface area contributed by atoms with Crippen molar-refractivity contribution in [1.29, 1.82) is 0 Å². The standard InChI is InChI=1S/C13H29NO2/c1-4-7-13(12-14-5-2)8-6-9-16-11-10-15-3/h13-14H,4-12H2,1-3H3. The average molecular weight is 231 g/mol. The Kier molecular flexibility index (Phi) is 12.9. The molecule has 0 spiro atoms. The molecule has 0 aromatic heterocycles. The minimum atomic E-state index is 0.704. The van der Waals surface area contributed by atoms with E-state index in [9.17, 15) is 0 Å². The van der Waals surface area contributed by atoms with E-state index in [2.05, 4.69) is 19.2 Å². The minimum Gasteiger partial charge on any atom is -0.382 e. The Hall–Kier alpha value is -0.120. The van der Waals surface area contributed by atoms with Crippen LogP contribution in [0.25, 0.3) is 0 Å². The Labute approximate surface area is 101 Å². The first-order valence-corrected chi connectivity index (χ1v) is 6.62. The molecule has 3 heteroatoms. The Bertz CT molecular complexity index is 131. The van der Waals surface area contributed by atoms with Crippen LogP contribution in [0.2, 0.25) is 0 Å². The fourth-order valence-corrected chi connectivity index (χ4v) is 1.82. The molecule has 1 atom stereocenters. The zero-order chi connectivity index (χ0) is 12.1. The van der Waals surface area contributed by atoms with Crippen LogP contribution in [0.4, 0.5) is 0 Å². The lowest BCUT2D eigenvalue weighted by Crippen LogP contribution is -2.22. The molecule has 1 unspecified atom stereocenters. The summed E-state index contributed by atoms with van der Waals surface area (Å²) in [6.45, 7) is 8.95. The number of hydrogen-bond acceptors (Lipinski definition) is 3. The Morgan fingerprint density at radius 2 is 1.88 bits per heavy atom. The Morgan fingerprint density at radius 3 is 2.50 bits per heavy atom. The highest BCUT2D eigenvalue weighted by molar-refractivity contribution is 4.61. The largest absolute Gasteiger partial charge is 0.382 e. The molecule has 0 aliphatic rings. The third kappa shape index (κ3) is 10.4. The smallest absolute Gasteiger partial charge is 0.0700 e. The molecule has 0 fully saturated rings. The second kappa shape index (κ2) is 12.9. The lowest BCUT2D eigenvalue weighted by atomic mass is 9.98. The zero-order valence-corrected chi connectivity index (χ0v) is 11.3. The predicted molar refractivity (Wildman–Crippen MR) is 68.9 cm³/mol. The van der Waals surface area contributed by atoms with Gasteiger partial charge in [0.15, 0.2) is 0 Å². The lowest BCUT2D eigenvalue weighted by molar-refractivity contribution is 0.0670. The van der Waals surface area contributed by atoms with E-state index in [0.29, 0.717) is 6.61 Å². The molecule has 0 bridgehead atoms. The van der Waals surface area contributed by atoms with Crippen molar-refractivity contribution in [3.63, 3.8) is 0 Å². The van der Waals surface area contributed by atoms with Gasteiger partial charge in [0.1, 0.15) is 0 Å². The number of hydrogen-bond donors (Lipinski definition) is 1. The van der Waals surface area contributed by atoms with Gasteiger partial charge in [-0.15, -0.1) is 0 Å². The molecular weight excluding hydrogens is 202 g/mol. The highest BCUT2D eigenvalue weighted by Crippen LogP contribution is 2.12. The van der Waals surface area contributed by atoms with Crippen LogP contribution >= 0.6 is 0 Å². The van der Waals surface area contributed by atoms with Crippen molar-refractivity contribution < 1.29 is 9.47 Å². The molecule has 16 heavy (non-hydrogen) atoms. The van der Waals surface area contributed by atoms with Gasteiger partial charge in [0, 0.05) is 13.7 Å². The van der Waals surface area contributed by atoms with E-state index in [-0.39, 0.29) is 0 Å². The van der Waals surface area contributed by atoms with Crippen LogP contribution in [-0.2, 0) is 9.47 Å². The van der Waals surface area contributed by atoms with Crippen LogP contribution in [0.5, 0.6) is 0 Å². The fourth-order valence-electron chi connectivity index (χ4n) is 1.82. The van der Waals surface area contributed by atoms with Crippen molar-refractivity contribution in [3.05, 3.63) is 0 Å². The number of nitrogens with one attached hydrogen (secondary N) is 1. The van der Waals surface area contributed by atoms with Crippen molar-refractivity contribution >= 4 is 0 Å². The fraction of sp³-hybridized carbons (Fsp3) is 1.00. The van der Waals surface area contributed by atoms with Crippen molar-refractivity contribution in [2.24, 2.45) is 5.92 Å². The van der Waals surface area contributed by atoms with Crippen LogP contribution in [0, 0.1) is 5.92 Å². The summed E-state index contributed by atoms with van der Waals surface area (Å²) in [6, 6.07) is 0. The molecule has 0 saturated heterocycles. The molecule has 0 heterocycles. The van der Waals surface area contributed by atoms with Gasteiger partial charge in [0.25, 0.3) is 0 Å². The van der Waals surface area contributed by atoms with Crippen molar-refractivity contribution in [2.75, 3.05) is 40.0 Å². The van der Waals surface area contributed by atoms with Crippen LogP contribution in [-0.4, -0.2) is 40.0 Å². The summed E-state index contributed by atoms with van der Waals surface area (Å²) in [6.07, 6.45) is 5.04. The first kappa shape index (κ1) is 15.9. The van der Waals surface area contributed by atoms with Gasteiger partial charge in [-0.25, -0.2) is 0 Å². The summed E-state index contributed by atoms with van der Waals surface area (Å²) in [5, 5.41) is 3.43. The van der Waals surface area contributed by atoms with Crippen molar-refractivity contribution in [3.8, 4) is 0 Å². The molecule has 98 valence electrons. The third-order valence-electron chi connectivity index (χ3n) is 2.71. The van der Waals surface area contributed by atoms with Crippen molar-refractivity contribution in [1.82, 2.24) is 5.32 Å². The van der Waals surface area contributed by atoms with Gasteiger partial charge in [-0.2, -0.15) is 0 Å². The van der Waals surface area contributed by atoms with E-state index in [1.807, 2.05) is 0 Å². The topological polar surface area (TPSA) is 30.5 Å². The summed E-state index contributed by atoms with van der Waals surface area (Å²) in [4.78, 5) is 0. The monoisotopic (exact) mass is 231 g/mol. The van der Waals surface area contributed by atoms with Gasteiger partial charge in [-0.3, -0.25) is 0 Å². The SMILES string of the molecule is CCCC(CCCOCCOC)CNCC. The van der Waals surface area contributed by atoms with Crippen LogP contribution < -0.4 is 5.32 Å². The molecule has 0 aromatic rings. The molecule has 1 N–H and O–H groups in total. The van der Waals surface area contributed by atoms with Crippen LogP contribution in [0.15, 0.2) is 0 Å². The average Bonchev–Trinajstić information content (AvgIpc) is 2.30. The van der Waals surface area contributed by atoms with E-state index in [1.54, 1.807) is 7.11 Å². The lowest BCUT2D eigenvalue weighted by Gasteiger charge is -2.16. The van der Waals surface area contributed by atoms with Gasteiger partial charge in [-0.05, 0) is 38.3 Å². The van der Waals surface area contributed by atoms with E-state index in [4.69, 9.17) is 9.47 Å². The third-order valence-corrected chi connectivity index (χ3v) is 2.71. The summed E-state index contributed by atoms with van der Waals surface area (Å²) >= 11 is 0.